The zero-order valence-electron chi connectivity index (χ0n) is 13.9. The van der Waals surface area contributed by atoms with E-state index in [2.05, 4.69) is 20.0 Å². The van der Waals surface area contributed by atoms with Gasteiger partial charge in [0, 0.05) is 5.02 Å². The number of benzene rings is 1. The van der Waals surface area contributed by atoms with E-state index in [1.54, 1.807) is 11.3 Å². The van der Waals surface area contributed by atoms with Gasteiger partial charge in [-0.2, -0.15) is 4.98 Å². The molecule has 4 heterocycles. The van der Waals surface area contributed by atoms with Gasteiger partial charge in [-0.25, -0.2) is 4.98 Å². The van der Waals surface area contributed by atoms with Gasteiger partial charge in [-0.05, 0) is 49.0 Å². The Morgan fingerprint density at radius 2 is 2.27 bits per heavy atom. The Morgan fingerprint density at radius 1 is 1.31 bits per heavy atom. The van der Waals surface area contributed by atoms with Crippen molar-refractivity contribution in [2.45, 2.75) is 25.4 Å². The highest BCUT2D eigenvalue weighted by atomic mass is 35.5. The van der Waals surface area contributed by atoms with E-state index in [-0.39, 0.29) is 6.04 Å². The zero-order chi connectivity index (χ0) is 17.5. The van der Waals surface area contributed by atoms with Gasteiger partial charge in [0.05, 0.1) is 28.5 Å². The second-order valence-electron chi connectivity index (χ2n) is 6.40. The normalized spacial score (nSPS) is 18.1. The lowest BCUT2D eigenvalue weighted by Gasteiger charge is -2.20. The van der Waals surface area contributed by atoms with Crippen molar-refractivity contribution < 1.29 is 4.52 Å². The molecule has 0 aliphatic carbocycles. The summed E-state index contributed by atoms with van der Waals surface area (Å²) >= 11 is 7.69. The summed E-state index contributed by atoms with van der Waals surface area (Å²) in [7, 11) is 0. The van der Waals surface area contributed by atoms with Gasteiger partial charge in [0.15, 0.2) is 0 Å². The zero-order valence-corrected chi connectivity index (χ0v) is 15.4. The number of imidazole rings is 1. The fourth-order valence-electron chi connectivity index (χ4n) is 3.48. The number of hydrogen-bond donors (Lipinski definition) is 1. The first-order valence-corrected chi connectivity index (χ1v) is 9.78. The van der Waals surface area contributed by atoms with E-state index in [1.807, 2.05) is 35.7 Å². The molecule has 5 rings (SSSR count). The Labute approximate surface area is 158 Å². The Morgan fingerprint density at radius 3 is 3.15 bits per heavy atom. The van der Waals surface area contributed by atoms with Crippen LogP contribution in [0, 0.1) is 0 Å². The molecule has 6 nitrogen and oxygen atoms in total. The Hall–Kier alpha value is -2.22. The van der Waals surface area contributed by atoms with E-state index < -0.39 is 0 Å². The molecule has 1 aromatic carbocycles. The van der Waals surface area contributed by atoms with Crippen molar-refractivity contribution in [2.75, 3.05) is 6.54 Å². The van der Waals surface area contributed by atoms with Gasteiger partial charge in [-0.3, -0.25) is 4.90 Å². The molecule has 0 bridgehead atoms. The summed E-state index contributed by atoms with van der Waals surface area (Å²) in [6, 6.07) is 9.93. The van der Waals surface area contributed by atoms with Crippen LogP contribution in [-0.2, 0) is 6.54 Å². The topological polar surface area (TPSA) is 70.8 Å². The third-order valence-electron chi connectivity index (χ3n) is 4.69. The van der Waals surface area contributed by atoms with Crippen molar-refractivity contribution in [1.82, 2.24) is 25.0 Å². The van der Waals surface area contributed by atoms with Crippen LogP contribution in [0.2, 0.25) is 5.02 Å². The van der Waals surface area contributed by atoms with E-state index in [0.717, 1.165) is 41.1 Å². The molecule has 4 aromatic rings. The lowest BCUT2D eigenvalue weighted by Crippen LogP contribution is -2.23. The molecule has 0 spiro atoms. The molecule has 0 saturated carbocycles. The average Bonchev–Trinajstić information content (AvgIpc) is 3.41. The third-order valence-corrected chi connectivity index (χ3v) is 5.79. The fraction of sp³-hybridized carbons (Fsp3) is 0.278. The first-order chi connectivity index (χ1) is 12.8. The number of likely N-dealkylation sites (tertiary alicyclic amines) is 1. The molecular weight excluding hydrogens is 370 g/mol. The molecule has 1 aliphatic heterocycles. The molecule has 1 atom stereocenters. The summed E-state index contributed by atoms with van der Waals surface area (Å²) in [4.78, 5) is 16.1. The van der Waals surface area contributed by atoms with Crippen LogP contribution in [0.15, 0.2) is 40.2 Å². The van der Waals surface area contributed by atoms with Crippen LogP contribution < -0.4 is 0 Å². The third kappa shape index (κ3) is 2.92. The van der Waals surface area contributed by atoms with Gasteiger partial charge >= 0.3 is 0 Å². The summed E-state index contributed by atoms with van der Waals surface area (Å²) in [5.41, 5.74) is 1.91. The predicted octanol–water partition coefficient (Wildman–Crippen LogP) is 4.66. The Bertz CT molecular complexity index is 1040. The first-order valence-electron chi connectivity index (χ1n) is 8.52. The largest absolute Gasteiger partial charge is 0.341 e. The number of rotatable bonds is 4. The van der Waals surface area contributed by atoms with Crippen LogP contribution in [0.4, 0.5) is 0 Å². The SMILES string of the molecule is Clc1ccc2nc([C@@H]3CCCN3Cc3nc(-c4cccs4)no3)[nH]c2c1. The van der Waals surface area contributed by atoms with Crippen molar-refractivity contribution >= 4 is 34.0 Å². The summed E-state index contributed by atoms with van der Waals surface area (Å²) in [5.74, 6) is 2.27. The highest BCUT2D eigenvalue weighted by molar-refractivity contribution is 7.13. The van der Waals surface area contributed by atoms with Crippen molar-refractivity contribution in [3.05, 3.63) is 52.4 Å². The summed E-state index contributed by atoms with van der Waals surface area (Å²) in [6.07, 6.45) is 2.17. The molecule has 8 heteroatoms. The molecule has 132 valence electrons. The highest BCUT2D eigenvalue weighted by Crippen LogP contribution is 2.33. The van der Waals surface area contributed by atoms with Gasteiger partial charge in [0.25, 0.3) is 0 Å². The number of H-pyrrole nitrogens is 1. The predicted molar refractivity (Wildman–Crippen MR) is 101 cm³/mol. The number of nitrogens with zero attached hydrogens (tertiary/aromatic N) is 4. The molecule has 1 N–H and O–H groups in total. The van der Waals surface area contributed by atoms with E-state index >= 15 is 0 Å². The van der Waals surface area contributed by atoms with Gasteiger partial charge in [-0.1, -0.05) is 22.8 Å². The summed E-state index contributed by atoms with van der Waals surface area (Å²) in [5, 5.41) is 6.82. The van der Waals surface area contributed by atoms with Crippen LogP contribution in [0.5, 0.6) is 0 Å². The van der Waals surface area contributed by atoms with Gasteiger partial charge in [0.1, 0.15) is 5.82 Å². The number of fused-ring (bicyclic) bond motifs is 1. The number of nitrogens with one attached hydrogen (secondary N) is 1. The van der Waals surface area contributed by atoms with Crippen molar-refractivity contribution in [1.29, 1.82) is 0 Å². The lowest BCUT2D eigenvalue weighted by molar-refractivity contribution is 0.207. The standard InChI is InChI=1S/C18H16ClN5OS/c19-11-5-6-12-13(9-11)21-17(20-12)14-3-1-7-24(14)10-16-22-18(23-25-16)15-4-2-8-26-15/h2,4-6,8-9,14H,1,3,7,10H2,(H,20,21)/t14-/m0/s1. The molecule has 0 radical (unpaired) electrons. The second-order valence-corrected chi connectivity index (χ2v) is 7.79. The number of aromatic amines is 1. The molecule has 1 saturated heterocycles. The summed E-state index contributed by atoms with van der Waals surface area (Å²) < 4.78 is 5.47. The minimum Gasteiger partial charge on any atom is -0.341 e. The molecule has 0 unspecified atom stereocenters. The lowest BCUT2D eigenvalue weighted by atomic mass is 10.2. The van der Waals surface area contributed by atoms with Crippen molar-refractivity contribution in [2.24, 2.45) is 0 Å². The number of aromatic nitrogens is 4. The van der Waals surface area contributed by atoms with E-state index in [4.69, 9.17) is 21.1 Å². The monoisotopic (exact) mass is 385 g/mol. The quantitative estimate of drug-likeness (QED) is 0.553. The number of thiophene rings is 1. The van der Waals surface area contributed by atoms with E-state index in [1.165, 1.54) is 0 Å². The fourth-order valence-corrected chi connectivity index (χ4v) is 4.30. The van der Waals surface area contributed by atoms with Gasteiger partial charge in [0.2, 0.25) is 11.7 Å². The molecule has 0 amide bonds. The maximum Gasteiger partial charge on any atom is 0.241 e. The van der Waals surface area contributed by atoms with Crippen molar-refractivity contribution in [3.63, 3.8) is 0 Å². The maximum absolute atomic E-state index is 6.08. The molecular formula is C18H16ClN5OS. The summed E-state index contributed by atoms with van der Waals surface area (Å²) in [6.45, 7) is 1.61. The van der Waals surface area contributed by atoms with Crippen LogP contribution in [0.1, 0.15) is 30.6 Å². The number of halogens is 1. The van der Waals surface area contributed by atoms with Gasteiger partial charge < -0.3 is 9.51 Å². The second kappa shape index (κ2) is 6.50. The molecule has 26 heavy (non-hydrogen) atoms. The van der Waals surface area contributed by atoms with Gasteiger partial charge in [-0.15, -0.1) is 11.3 Å². The smallest absolute Gasteiger partial charge is 0.241 e. The molecule has 1 aliphatic rings. The van der Waals surface area contributed by atoms with Crippen LogP contribution in [-0.4, -0.2) is 31.6 Å². The minimum atomic E-state index is 0.221. The minimum absolute atomic E-state index is 0.221. The molecule has 1 fully saturated rings. The Balaban J connectivity index is 1.38. The first kappa shape index (κ1) is 16.0. The maximum atomic E-state index is 6.08. The average molecular weight is 386 g/mol. The molecule has 3 aromatic heterocycles. The Kier molecular flexibility index (Phi) is 4.00. The van der Waals surface area contributed by atoms with Crippen LogP contribution in [0.3, 0.4) is 0 Å². The van der Waals surface area contributed by atoms with Crippen molar-refractivity contribution in [3.8, 4) is 10.7 Å². The van der Waals surface area contributed by atoms with Crippen LogP contribution in [0.25, 0.3) is 21.7 Å². The van der Waals surface area contributed by atoms with Crippen LogP contribution >= 0.6 is 22.9 Å². The van der Waals surface area contributed by atoms with E-state index in [9.17, 15) is 0 Å². The number of hydrogen-bond acceptors (Lipinski definition) is 6. The van der Waals surface area contributed by atoms with E-state index in [0.29, 0.717) is 23.3 Å². The highest BCUT2D eigenvalue weighted by Gasteiger charge is 2.30.